The van der Waals surface area contributed by atoms with E-state index in [1.807, 2.05) is 6.92 Å². The highest BCUT2D eigenvalue weighted by Crippen LogP contribution is 2.16. The van der Waals surface area contributed by atoms with Crippen molar-refractivity contribution in [2.24, 2.45) is 0 Å². The van der Waals surface area contributed by atoms with Crippen LogP contribution in [0.1, 0.15) is 17.3 Å². The maximum atomic E-state index is 12.3. The summed E-state index contributed by atoms with van der Waals surface area (Å²) in [7, 11) is 0. The SMILES string of the molecule is CC1CN(C(=O)c2ccnc(Br)c2)CC(CO)O1. The minimum Gasteiger partial charge on any atom is -0.394 e. The van der Waals surface area contributed by atoms with Crippen LogP contribution < -0.4 is 0 Å². The lowest BCUT2D eigenvalue weighted by Gasteiger charge is -2.36. The fraction of sp³-hybridized carbons (Fsp3) is 0.500. The van der Waals surface area contributed by atoms with Crippen molar-refractivity contribution in [2.45, 2.75) is 19.1 Å². The van der Waals surface area contributed by atoms with Crippen LogP contribution in [0.5, 0.6) is 0 Å². The molecule has 0 aromatic carbocycles. The maximum absolute atomic E-state index is 12.3. The fourth-order valence-corrected chi connectivity index (χ4v) is 2.39. The Kier molecular flexibility index (Phi) is 4.31. The molecule has 6 heteroatoms. The lowest BCUT2D eigenvalue weighted by atomic mass is 10.1. The number of aromatic nitrogens is 1. The Morgan fingerprint density at radius 3 is 3.11 bits per heavy atom. The first-order valence-electron chi connectivity index (χ1n) is 5.77. The quantitative estimate of drug-likeness (QED) is 0.829. The highest BCUT2D eigenvalue weighted by molar-refractivity contribution is 9.10. The van der Waals surface area contributed by atoms with Gasteiger partial charge in [0, 0.05) is 24.8 Å². The van der Waals surface area contributed by atoms with Gasteiger partial charge in [-0.15, -0.1) is 0 Å². The summed E-state index contributed by atoms with van der Waals surface area (Å²) < 4.78 is 6.14. The van der Waals surface area contributed by atoms with Crippen LogP contribution >= 0.6 is 15.9 Å². The highest BCUT2D eigenvalue weighted by atomic mass is 79.9. The zero-order chi connectivity index (χ0) is 13.1. The summed E-state index contributed by atoms with van der Waals surface area (Å²) in [4.78, 5) is 18.0. The number of amides is 1. The zero-order valence-electron chi connectivity index (χ0n) is 10.0. The van der Waals surface area contributed by atoms with E-state index in [0.29, 0.717) is 23.3 Å². The molecule has 2 heterocycles. The number of aliphatic hydroxyl groups excluding tert-OH is 1. The number of aliphatic hydroxyl groups is 1. The summed E-state index contributed by atoms with van der Waals surface area (Å²) >= 11 is 3.25. The van der Waals surface area contributed by atoms with Crippen molar-refractivity contribution in [3.05, 3.63) is 28.5 Å². The number of nitrogens with zero attached hydrogens (tertiary/aromatic N) is 2. The Bertz CT molecular complexity index is 441. The summed E-state index contributed by atoms with van der Waals surface area (Å²) in [5, 5.41) is 9.14. The van der Waals surface area contributed by atoms with E-state index in [1.165, 1.54) is 0 Å². The van der Waals surface area contributed by atoms with Gasteiger partial charge in [0.05, 0.1) is 18.8 Å². The lowest BCUT2D eigenvalue weighted by Crippen LogP contribution is -2.50. The van der Waals surface area contributed by atoms with Crippen molar-refractivity contribution in [1.29, 1.82) is 0 Å². The van der Waals surface area contributed by atoms with Gasteiger partial charge in [0.15, 0.2) is 0 Å². The Labute approximate surface area is 114 Å². The van der Waals surface area contributed by atoms with E-state index < -0.39 is 0 Å². The van der Waals surface area contributed by atoms with E-state index in [-0.39, 0.29) is 24.7 Å². The molecule has 1 aromatic heterocycles. The average Bonchev–Trinajstić information content (AvgIpc) is 2.37. The van der Waals surface area contributed by atoms with E-state index >= 15 is 0 Å². The first-order chi connectivity index (χ1) is 8.60. The molecule has 1 N–H and O–H groups in total. The number of carbonyl (C=O) groups excluding carboxylic acids is 1. The molecule has 0 aliphatic carbocycles. The van der Waals surface area contributed by atoms with Crippen molar-refractivity contribution in [3.8, 4) is 0 Å². The average molecular weight is 315 g/mol. The van der Waals surface area contributed by atoms with Crippen molar-refractivity contribution < 1.29 is 14.6 Å². The number of carbonyl (C=O) groups is 1. The predicted molar refractivity (Wildman–Crippen MR) is 69.3 cm³/mol. The Hall–Kier alpha value is -0.980. The zero-order valence-corrected chi connectivity index (χ0v) is 11.6. The third-order valence-corrected chi connectivity index (χ3v) is 3.22. The van der Waals surface area contributed by atoms with Crippen molar-refractivity contribution in [2.75, 3.05) is 19.7 Å². The predicted octanol–water partition coefficient (Wildman–Crippen LogP) is 1.07. The van der Waals surface area contributed by atoms with E-state index in [1.54, 1.807) is 23.2 Å². The Balaban J connectivity index is 2.13. The van der Waals surface area contributed by atoms with Crippen molar-refractivity contribution in [1.82, 2.24) is 9.88 Å². The summed E-state index contributed by atoms with van der Waals surface area (Å²) in [5.41, 5.74) is 0.586. The molecule has 1 aliphatic rings. The maximum Gasteiger partial charge on any atom is 0.254 e. The van der Waals surface area contributed by atoms with Gasteiger partial charge in [-0.3, -0.25) is 4.79 Å². The van der Waals surface area contributed by atoms with Crippen LogP contribution in [-0.4, -0.2) is 52.8 Å². The van der Waals surface area contributed by atoms with E-state index in [9.17, 15) is 4.79 Å². The van der Waals surface area contributed by atoms with Gasteiger partial charge in [0.1, 0.15) is 4.60 Å². The molecule has 1 saturated heterocycles. The highest BCUT2D eigenvalue weighted by Gasteiger charge is 2.28. The second-order valence-corrected chi connectivity index (χ2v) is 5.14. The summed E-state index contributed by atoms with van der Waals surface area (Å²) in [6.45, 7) is 2.77. The van der Waals surface area contributed by atoms with Gasteiger partial charge in [-0.25, -0.2) is 4.98 Å². The van der Waals surface area contributed by atoms with E-state index in [2.05, 4.69) is 20.9 Å². The van der Waals surface area contributed by atoms with Crippen LogP contribution in [0.25, 0.3) is 0 Å². The normalized spacial score (nSPS) is 24.1. The molecule has 2 unspecified atom stereocenters. The van der Waals surface area contributed by atoms with Crippen LogP contribution in [0.4, 0.5) is 0 Å². The molecule has 1 fully saturated rings. The molecule has 98 valence electrons. The van der Waals surface area contributed by atoms with Crippen LogP contribution in [0, 0.1) is 0 Å². The number of hydrogen-bond donors (Lipinski definition) is 1. The minimum absolute atomic E-state index is 0.0632. The third kappa shape index (κ3) is 3.07. The number of rotatable bonds is 2. The molecule has 0 bridgehead atoms. The smallest absolute Gasteiger partial charge is 0.254 e. The Morgan fingerprint density at radius 1 is 1.67 bits per heavy atom. The van der Waals surface area contributed by atoms with Crippen molar-refractivity contribution >= 4 is 21.8 Å². The molecule has 0 saturated carbocycles. The van der Waals surface area contributed by atoms with Gasteiger partial charge >= 0.3 is 0 Å². The fourth-order valence-electron chi connectivity index (χ4n) is 2.03. The summed E-state index contributed by atoms with van der Waals surface area (Å²) in [6.07, 6.45) is 1.22. The van der Waals surface area contributed by atoms with Crippen LogP contribution in [0.3, 0.4) is 0 Å². The third-order valence-electron chi connectivity index (χ3n) is 2.79. The molecule has 0 radical (unpaired) electrons. The van der Waals surface area contributed by atoms with E-state index in [0.717, 1.165) is 0 Å². The molecule has 1 aromatic rings. The van der Waals surface area contributed by atoms with Gasteiger partial charge in [0.2, 0.25) is 0 Å². The van der Waals surface area contributed by atoms with Gasteiger partial charge in [0.25, 0.3) is 5.91 Å². The van der Waals surface area contributed by atoms with Gasteiger partial charge in [-0.05, 0) is 35.0 Å². The first kappa shape index (κ1) is 13.5. The van der Waals surface area contributed by atoms with Gasteiger partial charge in [-0.1, -0.05) is 0 Å². The molecule has 2 rings (SSSR count). The second kappa shape index (κ2) is 5.77. The molecule has 1 amide bonds. The monoisotopic (exact) mass is 314 g/mol. The van der Waals surface area contributed by atoms with Gasteiger partial charge in [-0.2, -0.15) is 0 Å². The molecule has 5 nitrogen and oxygen atoms in total. The van der Waals surface area contributed by atoms with Crippen LogP contribution in [0.15, 0.2) is 22.9 Å². The lowest BCUT2D eigenvalue weighted by molar-refractivity contribution is -0.0858. The topological polar surface area (TPSA) is 62.7 Å². The molecule has 18 heavy (non-hydrogen) atoms. The van der Waals surface area contributed by atoms with Crippen LogP contribution in [-0.2, 0) is 4.74 Å². The number of hydrogen-bond acceptors (Lipinski definition) is 4. The number of morpholine rings is 1. The first-order valence-corrected chi connectivity index (χ1v) is 6.56. The molecule has 0 spiro atoms. The molecular weight excluding hydrogens is 300 g/mol. The molecule has 2 atom stereocenters. The molecular formula is C12H15BrN2O3. The standard InChI is InChI=1S/C12H15BrN2O3/c1-8-5-15(6-10(7-16)18-8)12(17)9-2-3-14-11(13)4-9/h2-4,8,10,16H,5-7H2,1H3. The minimum atomic E-state index is -0.303. The van der Waals surface area contributed by atoms with Gasteiger partial charge < -0.3 is 14.7 Å². The Morgan fingerprint density at radius 2 is 2.44 bits per heavy atom. The van der Waals surface area contributed by atoms with Crippen LogP contribution in [0.2, 0.25) is 0 Å². The number of halogens is 1. The van der Waals surface area contributed by atoms with Crippen molar-refractivity contribution in [3.63, 3.8) is 0 Å². The number of pyridine rings is 1. The summed E-state index contributed by atoms with van der Waals surface area (Å²) in [5.74, 6) is -0.0632. The molecule has 1 aliphatic heterocycles. The second-order valence-electron chi connectivity index (χ2n) is 4.33. The number of ether oxygens (including phenoxy) is 1. The summed E-state index contributed by atoms with van der Waals surface area (Å²) in [6, 6.07) is 3.37. The van der Waals surface area contributed by atoms with E-state index in [4.69, 9.17) is 9.84 Å². The largest absolute Gasteiger partial charge is 0.394 e.